The molecular weight excluding hydrogens is 163 g/mol. The Morgan fingerprint density at radius 2 is 2.18 bits per heavy atom. The Morgan fingerprint density at radius 1 is 1.55 bits per heavy atom. The van der Waals surface area contributed by atoms with E-state index in [-0.39, 0.29) is 0 Å². The van der Waals surface area contributed by atoms with E-state index in [1.54, 1.807) is 13.0 Å². The van der Waals surface area contributed by atoms with Crippen molar-refractivity contribution in [2.24, 2.45) is 0 Å². The molecule has 0 atom stereocenters. The van der Waals surface area contributed by atoms with Gasteiger partial charge in [-0.15, -0.1) is 12.6 Å². The van der Waals surface area contributed by atoms with E-state index >= 15 is 0 Å². The monoisotopic (exact) mass is 170 g/mol. The van der Waals surface area contributed by atoms with Gasteiger partial charge in [-0.05, 0) is 24.6 Å². The molecule has 1 aromatic rings. The molecule has 0 radical (unpaired) electrons. The predicted octanol–water partition coefficient (Wildman–Crippen LogP) is 2.20. The van der Waals surface area contributed by atoms with Crippen LogP contribution >= 0.6 is 12.6 Å². The van der Waals surface area contributed by atoms with Crippen LogP contribution in [0.15, 0.2) is 18.2 Å². The van der Waals surface area contributed by atoms with Crippen molar-refractivity contribution < 1.29 is 9.18 Å². The third-order valence-electron chi connectivity index (χ3n) is 1.43. The fourth-order valence-electron chi connectivity index (χ4n) is 0.825. The lowest BCUT2D eigenvalue weighted by molar-refractivity contribution is 0.109. The van der Waals surface area contributed by atoms with Gasteiger partial charge in [-0.3, -0.25) is 4.79 Å². The van der Waals surface area contributed by atoms with Crippen LogP contribution in [0.1, 0.15) is 15.9 Å². The fourth-order valence-corrected chi connectivity index (χ4v) is 1.07. The van der Waals surface area contributed by atoms with Gasteiger partial charge in [0.05, 0.1) is 0 Å². The van der Waals surface area contributed by atoms with E-state index in [1.807, 2.05) is 0 Å². The topological polar surface area (TPSA) is 17.1 Å². The van der Waals surface area contributed by atoms with Crippen molar-refractivity contribution >= 4 is 17.7 Å². The third kappa shape index (κ3) is 1.80. The molecule has 0 spiro atoms. The van der Waals surface area contributed by atoms with Crippen molar-refractivity contribution in [3.05, 3.63) is 35.1 Å². The summed E-state index contributed by atoms with van der Waals surface area (Å²) in [4.78, 5) is 10.7. The van der Waals surface area contributed by atoms with E-state index in [9.17, 15) is 9.18 Å². The van der Waals surface area contributed by atoms with Gasteiger partial charge in [0.15, 0.2) is 0 Å². The molecule has 0 aliphatic carbocycles. The van der Waals surface area contributed by atoms with Gasteiger partial charge >= 0.3 is 0 Å². The van der Waals surface area contributed by atoms with Gasteiger partial charge in [0, 0.05) is 5.56 Å². The van der Waals surface area contributed by atoms with Crippen LogP contribution in [0.25, 0.3) is 0 Å². The van der Waals surface area contributed by atoms with Crippen molar-refractivity contribution in [3.8, 4) is 0 Å². The van der Waals surface area contributed by atoms with Gasteiger partial charge in [-0.25, -0.2) is 4.39 Å². The largest absolute Gasteiger partial charge is 0.282 e. The van der Waals surface area contributed by atoms with Crippen molar-refractivity contribution in [2.75, 3.05) is 0 Å². The number of hydrogen-bond acceptors (Lipinski definition) is 1. The first-order valence-electron chi connectivity index (χ1n) is 3.10. The summed E-state index contributed by atoms with van der Waals surface area (Å²) >= 11 is 3.60. The fraction of sp³-hybridized carbons (Fsp3) is 0.125. The van der Waals surface area contributed by atoms with Crippen LogP contribution in [-0.2, 0) is 0 Å². The van der Waals surface area contributed by atoms with E-state index in [1.165, 1.54) is 12.1 Å². The van der Waals surface area contributed by atoms with E-state index < -0.39 is 10.9 Å². The van der Waals surface area contributed by atoms with Gasteiger partial charge in [-0.2, -0.15) is 0 Å². The highest BCUT2D eigenvalue weighted by atomic mass is 32.1. The van der Waals surface area contributed by atoms with E-state index in [0.29, 0.717) is 5.56 Å². The van der Waals surface area contributed by atoms with E-state index in [2.05, 4.69) is 12.6 Å². The number of thiol groups is 1. The second-order valence-electron chi connectivity index (χ2n) is 2.26. The second-order valence-corrected chi connectivity index (χ2v) is 2.67. The molecule has 0 fully saturated rings. The van der Waals surface area contributed by atoms with E-state index in [0.717, 1.165) is 5.56 Å². The highest BCUT2D eigenvalue weighted by Crippen LogP contribution is 2.11. The van der Waals surface area contributed by atoms with Crippen LogP contribution in [0.4, 0.5) is 4.39 Å². The first kappa shape index (κ1) is 8.27. The first-order chi connectivity index (χ1) is 5.11. The number of halogens is 1. The molecular formula is C8H7FOS. The minimum Gasteiger partial charge on any atom is -0.282 e. The quantitative estimate of drug-likeness (QED) is 0.639. The Bertz CT molecular complexity index is 296. The molecule has 0 unspecified atom stereocenters. The number of rotatable bonds is 1. The molecule has 0 bridgehead atoms. The molecule has 0 saturated heterocycles. The molecule has 1 aromatic carbocycles. The molecule has 1 rings (SSSR count). The molecule has 0 aromatic heterocycles. The van der Waals surface area contributed by atoms with Crippen LogP contribution in [0.5, 0.6) is 0 Å². The molecule has 0 N–H and O–H groups in total. The van der Waals surface area contributed by atoms with Crippen LogP contribution in [0.2, 0.25) is 0 Å². The summed E-state index contributed by atoms with van der Waals surface area (Å²) in [5, 5.41) is -0.401. The van der Waals surface area contributed by atoms with Gasteiger partial charge in [0.25, 0.3) is 0 Å². The lowest BCUT2D eigenvalue weighted by atomic mass is 10.1. The first-order valence-corrected chi connectivity index (χ1v) is 3.55. The van der Waals surface area contributed by atoms with Crippen molar-refractivity contribution in [2.45, 2.75) is 6.92 Å². The lowest BCUT2D eigenvalue weighted by Gasteiger charge is -1.98. The summed E-state index contributed by atoms with van der Waals surface area (Å²) < 4.78 is 12.5. The standard InChI is InChI=1S/C8H7FOS/c1-5-2-3-6(9)4-7(5)8(10)11/h2-4H,1H3,(H,10,11). The third-order valence-corrected chi connectivity index (χ3v) is 1.67. The molecule has 58 valence electrons. The number of hydrogen-bond donors (Lipinski definition) is 1. The Balaban J connectivity index is 3.23. The highest BCUT2D eigenvalue weighted by molar-refractivity contribution is 7.97. The molecule has 0 heterocycles. The van der Waals surface area contributed by atoms with Crippen LogP contribution in [-0.4, -0.2) is 5.12 Å². The Labute approximate surface area is 69.6 Å². The molecule has 0 aliphatic rings. The molecule has 11 heavy (non-hydrogen) atoms. The van der Waals surface area contributed by atoms with Crippen LogP contribution < -0.4 is 0 Å². The summed E-state index contributed by atoms with van der Waals surface area (Å²) in [7, 11) is 0. The molecule has 0 aliphatic heterocycles. The summed E-state index contributed by atoms with van der Waals surface area (Å²) in [6.45, 7) is 1.74. The number of carbonyl (C=O) groups excluding carboxylic acids is 1. The molecule has 1 nitrogen and oxygen atoms in total. The van der Waals surface area contributed by atoms with Gasteiger partial charge in [0.1, 0.15) is 5.82 Å². The van der Waals surface area contributed by atoms with Crippen molar-refractivity contribution in [3.63, 3.8) is 0 Å². The number of carbonyl (C=O) groups is 1. The normalized spacial score (nSPS) is 9.73. The number of aryl methyl sites for hydroxylation is 1. The van der Waals surface area contributed by atoms with E-state index in [4.69, 9.17) is 0 Å². The average Bonchev–Trinajstić information content (AvgIpc) is 1.94. The van der Waals surface area contributed by atoms with Crippen molar-refractivity contribution in [1.29, 1.82) is 0 Å². The maximum atomic E-state index is 12.5. The van der Waals surface area contributed by atoms with Gasteiger partial charge in [0.2, 0.25) is 5.12 Å². The lowest BCUT2D eigenvalue weighted by Crippen LogP contribution is -1.93. The Hall–Kier alpha value is -0.830. The molecule has 3 heteroatoms. The highest BCUT2D eigenvalue weighted by Gasteiger charge is 2.04. The zero-order valence-corrected chi connectivity index (χ0v) is 6.86. The van der Waals surface area contributed by atoms with Crippen LogP contribution in [0, 0.1) is 12.7 Å². The zero-order valence-electron chi connectivity index (χ0n) is 5.97. The second kappa shape index (κ2) is 3.05. The zero-order chi connectivity index (χ0) is 8.43. The summed E-state index contributed by atoms with van der Waals surface area (Å²) in [6.07, 6.45) is 0. The minimum atomic E-state index is -0.409. The number of benzene rings is 1. The minimum absolute atomic E-state index is 0.327. The van der Waals surface area contributed by atoms with Gasteiger partial charge in [-0.1, -0.05) is 6.07 Å². The van der Waals surface area contributed by atoms with Gasteiger partial charge < -0.3 is 0 Å². The SMILES string of the molecule is Cc1ccc(F)cc1C(=O)S. The summed E-state index contributed by atoms with van der Waals surface area (Å²) in [5.74, 6) is -0.409. The predicted molar refractivity (Wildman–Crippen MR) is 44.5 cm³/mol. The van der Waals surface area contributed by atoms with Crippen molar-refractivity contribution in [1.82, 2.24) is 0 Å². The maximum Gasteiger partial charge on any atom is 0.216 e. The summed E-state index contributed by atoms with van der Waals surface area (Å²) in [5.41, 5.74) is 1.07. The van der Waals surface area contributed by atoms with Crippen LogP contribution in [0.3, 0.4) is 0 Å². The maximum absolute atomic E-state index is 12.5. The summed E-state index contributed by atoms with van der Waals surface area (Å²) in [6, 6.07) is 4.05. The Kier molecular flexibility index (Phi) is 2.29. The molecule has 0 saturated carbocycles. The smallest absolute Gasteiger partial charge is 0.216 e. The molecule has 0 amide bonds. The Morgan fingerprint density at radius 3 is 2.64 bits per heavy atom. The average molecular weight is 170 g/mol.